The zero-order valence-electron chi connectivity index (χ0n) is 12.9. The molecule has 0 aromatic heterocycles. The highest BCUT2D eigenvalue weighted by Crippen LogP contribution is 2.31. The fourth-order valence-electron chi connectivity index (χ4n) is 3.21. The van der Waals surface area contributed by atoms with Crippen molar-refractivity contribution in [3.05, 3.63) is 0 Å². The highest BCUT2D eigenvalue weighted by Gasteiger charge is 2.38. The summed E-state index contributed by atoms with van der Waals surface area (Å²) in [6.45, 7) is 2.84. The van der Waals surface area contributed by atoms with E-state index in [9.17, 15) is 14.7 Å². The average molecular weight is 314 g/mol. The Labute approximate surface area is 130 Å². The molecule has 2 amide bonds. The Morgan fingerprint density at radius 1 is 1.24 bits per heavy atom. The molecule has 0 bridgehead atoms. The summed E-state index contributed by atoms with van der Waals surface area (Å²) >= 11 is 1.84. The van der Waals surface area contributed by atoms with E-state index in [0.717, 1.165) is 6.42 Å². The highest BCUT2D eigenvalue weighted by molar-refractivity contribution is 7.99. The summed E-state index contributed by atoms with van der Waals surface area (Å²) in [6, 6.07) is 0.238. The predicted octanol–water partition coefficient (Wildman–Crippen LogP) is 2.56. The minimum absolute atomic E-state index is 0.0200. The van der Waals surface area contributed by atoms with Gasteiger partial charge >= 0.3 is 12.0 Å². The van der Waals surface area contributed by atoms with Gasteiger partial charge in [-0.15, -0.1) is 0 Å². The van der Waals surface area contributed by atoms with Crippen molar-refractivity contribution in [1.29, 1.82) is 0 Å². The van der Waals surface area contributed by atoms with Crippen LogP contribution in [0.2, 0.25) is 0 Å². The molecule has 1 saturated carbocycles. The number of carbonyl (C=O) groups is 2. The number of thioether (sulfide) groups is 1. The number of carboxylic acid groups (broad SMARTS) is 1. The standard InChI is InChI=1S/C15H26N2O3S/c1-15(13(18)19)7-9-17(10-8-15)14(20)16-11-5-3-4-6-12(11)21-2/h11-12H,3-10H2,1-2H3,(H,16,20)(H,18,19). The predicted molar refractivity (Wildman–Crippen MR) is 84.6 cm³/mol. The van der Waals surface area contributed by atoms with Gasteiger partial charge in [0.05, 0.1) is 5.41 Å². The first-order chi connectivity index (χ1) is 9.96. The smallest absolute Gasteiger partial charge is 0.317 e. The van der Waals surface area contributed by atoms with Crippen molar-refractivity contribution in [2.24, 2.45) is 5.41 Å². The Balaban J connectivity index is 1.86. The van der Waals surface area contributed by atoms with E-state index in [1.165, 1.54) is 19.3 Å². The van der Waals surface area contributed by atoms with Gasteiger partial charge < -0.3 is 15.3 Å². The number of rotatable bonds is 3. The summed E-state index contributed by atoms with van der Waals surface area (Å²) in [5.41, 5.74) is -0.677. The molecule has 6 heteroatoms. The molecular formula is C15H26N2O3S. The number of hydrogen-bond acceptors (Lipinski definition) is 3. The fraction of sp³-hybridized carbons (Fsp3) is 0.867. The Kier molecular flexibility index (Phi) is 5.41. The monoisotopic (exact) mass is 314 g/mol. The van der Waals surface area contributed by atoms with Crippen LogP contribution in [-0.4, -0.2) is 52.6 Å². The third-order valence-corrected chi connectivity index (χ3v) is 6.15. The van der Waals surface area contributed by atoms with Crippen LogP contribution in [0.3, 0.4) is 0 Å². The topological polar surface area (TPSA) is 69.6 Å². The van der Waals surface area contributed by atoms with Crippen molar-refractivity contribution in [3.8, 4) is 0 Å². The number of piperidine rings is 1. The van der Waals surface area contributed by atoms with Gasteiger partial charge in [0.2, 0.25) is 0 Å². The Hall–Kier alpha value is -0.910. The maximum atomic E-state index is 12.4. The molecule has 1 aliphatic carbocycles. The SMILES string of the molecule is CSC1CCCCC1NC(=O)N1CCC(C)(C(=O)O)CC1. The van der Waals surface area contributed by atoms with Crippen molar-refractivity contribution in [2.45, 2.75) is 56.7 Å². The minimum Gasteiger partial charge on any atom is -0.481 e. The molecule has 0 spiro atoms. The van der Waals surface area contributed by atoms with Gasteiger partial charge in [0.25, 0.3) is 0 Å². The van der Waals surface area contributed by atoms with Gasteiger partial charge in [-0.1, -0.05) is 12.8 Å². The maximum absolute atomic E-state index is 12.4. The number of nitrogens with zero attached hydrogens (tertiary/aromatic N) is 1. The molecule has 21 heavy (non-hydrogen) atoms. The molecule has 1 saturated heterocycles. The van der Waals surface area contributed by atoms with E-state index in [1.54, 1.807) is 11.8 Å². The van der Waals surface area contributed by atoms with Crippen LogP contribution in [0.4, 0.5) is 4.79 Å². The van der Waals surface area contributed by atoms with E-state index in [2.05, 4.69) is 11.6 Å². The molecule has 0 aromatic carbocycles. The second-order valence-corrected chi connectivity index (χ2v) is 7.54. The number of hydrogen-bond donors (Lipinski definition) is 2. The van der Waals surface area contributed by atoms with Gasteiger partial charge in [-0.05, 0) is 38.9 Å². The van der Waals surface area contributed by atoms with E-state index in [1.807, 2.05) is 11.8 Å². The molecule has 2 unspecified atom stereocenters. The Morgan fingerprint density at radius 3 is 2.43 bits per heavy atom. The zero-order chi connectivity index (χ0) is 15.5. The molecule has 2 N–H and O–H groups in total. The van der Waals surface area contributed by atoms with Gasteiger partial charge in [-0.2, -0.15) is 11.8 Å². The van der Waals surface area contributed by atoms with Crippen molar-refractivity contribution in [3.63, 3.8) is 0 Å². The summed E-state index contributed by atoms with van der Waals surface area (Å²) in [5.74, 6) is -0.753. The molecule has 1 heterocycles. The average Bonchev–Trinajstić information content (AvgIpc) is 2.48. The lowest BCUT2D eigenvalue weighted by Crippen LogP contribution is -2.53. The first-order valence-electron chi connectivity index (χ1n) is 7.78. The zero-order valence-corrected chi connectivity index (χ0v) is 13.7. The number of urea groups is 1. The van der Waals surface area contributed by atoms with E-state index in [0.29, 0.717) is 31.2 Å². The van der Waals surface area contributed by atoms with E-state index in [4.69, 9.17) is 0 Å². The van der Waals surface area contributed by atoms with Crippen molar-refractivity contribution >= 4 is 23.8 Å². The molecule has 0 aromatic rings. The number of likely N-dealkylation sites (tertiary alicyclic amines) is 1. The van der Waals surface area contributed by atoms with Crippen LogP contribution in [0.25, 0.3) is 0 Å². The Morgan fingerprint density at radius 2 is 1.86 bits per heavy atom. The van der Waals surface area contributed by atoms with Gasteiger partial charge in [-0.3, -0.25) is 4.79 Å². The summed E-state index contributed by atoms with van der Waals surface area (Å²) in [7, 11) is 0. The molecule has 0 radical (unpaired) electrons. The van der Waals surface area contributed by atoms with E-state index < -0.39 is 11.4 Å². The Bertz CT molecular complexity index is 394. The number of amides is 2. The van der Waals surface area contributed by atoms with Crippen molar-refractivity contribution in [2.75, 3.05) is 19.3 Å². The van der Waals surface area contributed by atoms with Crippen LogP contribution in [-0.2, 0) is 4.79 Å². The highest BCUT2D eigenvalue weighted by atomic mass is 32.2. The van der Waals surface area contributed by atoms with Gasteiger partial charge in [0.15, 0.2) is 0 Å². The van der Waals surface area contributed by atoms with Crippen LogP contribution in [0, 0.1) is 5.41 Å². The van der Waals surface area contributed by atoms with E-state index in [-0.39, 0.29) is 12.1 Å². The van der Waals surface area contributed by atoms with Crippen LogP contribution in [0.15, 0.2) is 0 Å². The third kappa shape index (κ3) is 3.84. The summed E-state index contributed by atoms with van der Waals surface area (Å²) in [4.78, 5) is 25.4. The third-order valence-electron chi connectivity index (χ3n) is 4.98. The second-order valence-electron chi connectivity index (χ2n) is 6.47. The number of aliphatic carboxylic acids is 1. The number of carboxylic acids is 1. The van der Waals surface area contributed by atoms with Crippen LogP contribution >= 0.6 is 11.8 Å². The molecule has 2 aliphatic rings. The lowest BCUT2D eigenvalue weighted by molar-refractivity contribution is -0.150. The van der Waals surface area contributed by atoms with Crippen molar-refractivity contribution < 1.29 is 14.7 Å². The summed E-state index contributed by atoms with van der Waals surface area (Å²) in [6.07, 6.45) is 7.83. The van der Waals surface area contributed by atoms with Gasteiger partial charge in [0, 0.05) is 24.4 Å². The number of nitrogens with one attached hydrogen (secondary N) is 1. The molecule has 2 atom stereocenters. The molecule has 2 fully saturated rings. The minimum atomic E-state index is -0.753. The van der Waals surface area contributed by atoms with Crippen molar-refractivity contribution in [1.82, 2.24) is 10.2 Å². The molecule has 120 valence electrons. The van der Waals surface area contributed by atoms with Gasteiger partial charge in [-0.25, -0.2) is 4.79 Å². The fourth-order valence-corrected chi connectivity index (χ4v) is 4.15. The van der Waals surface area contributed by atoms with Gasteiger partial charge in [0.1, 0.15) is 0 Å². The maximum Gasteiger partial charge on any atom is 0.317 e. The summed E-state index contributed by atoms with van der Waals surface area (Å²) < 4.78 is 0. The van der Waals surface area contributed by atoms with Crippen LogP contribution < -0.4 is 5.32 Å². The van der Waals surface area contributed by atoms with Crippen LogP contribution in [0.5, 0.6) is 0 Å². The normalized spacial score (nSPS) is 29.0. The van der Waals surface area contributed by atoms with E-state index >= 15 is 0 Å². The first-order valence-corrected chi connectivity index (χ1v) is 9.07. The lowest BCUT2D eigenvalue weighted by Gasteiger charge is -2.38. The molecule has 1 aliphatic heterocycles. The molecule has 5 nitrogen and oxygen atoms in total. The molecular weight excluding hydrogens is 288 g/mol. The summed E-state index contributed by atoms with van der Waals surface area (Å²) in [5, 5.41) is 12.9. The van der Waals surface area contributed by atoms with Crippen LogP contribution in [0.1, 0.15) is 45.4 Å². The first kappa shape index (κ1) is 16.5. The molecule has 2 rings (SSSR count). The lowest BCUT2D eigenvalue weighted by atomic mass is 9.80. The number of carbonyl (C=O) groups excluding carboxylic acids is 1. The second kappa shape index (κ2) is 6.90. The largest absolute Gasteiger partial charge is 0.481 e. The quantitative estimate of drug-likeness (QED) is 0.840.